The fourth-order valence-corrected chi connectivity index (χ4v) is 4.70. The molecule has 1 unspecified atom stereocenters. The van der Waals surface area contributed by atoms with E-state index in [1.807, 2.05) is 12.1 Å². The second-order valence-corrected chi connectivity index (χ2v) is 9.87. The number of nitrogens with zero attached hydrogens (tertiary/aromatic N) is 4. The SMILES string of the molecule is CCn1c([C@@H](Cc2ccccn2)NS(=O)c2ccc(Cl)cc2)nnc1S(C)(=O)=O. The molecule has 0 aliphatic carbocycles. The smallest absolute Gasteiger partial charge is 0.249 e. The lowest BCUT2D eigenvalue weighted by atomic mass is 10.1. The van der Waals surface area contributed by atoms with Gasteiger partial charge >= 0.3 is 0 Å². The minimum atomic E-state index is -3.56. The maximum absolute atomic E-state index is 12.9. The molecule has 0 amide bonds. The fraction of sp³-hybridized carbons (Fsp3) is 0.278. The van der Waals surface area contributed by atoms with Crippen molar-refractivity contribution in [3.63, 3.8) is 0 Å². The van der Waals surface area contributed by atoms with Crippen molar-refractivity contribution in [3.8, 4) is 0 Å². The van der Waals surface area contributed by atoms with Crippen molar-refractivity contribution >= 4 is 32.4 Å². The molecular weight excluding hydrogens is 434 g/mol. The molecule has 8 nitrogen and oxygen atoms in total. The topological polar surface area (TPSA) is 107 Å². The molecule has 1 aromatic carbocycles. The van der Waals surface area contributed by atoms with E-state index in [4.69, 9.17) is 11.6 Å². The van der Waals surface area contributed by atoms with Crippen LogP contribution in [0.25, 0.3) is 0 Å². The summed E-state index contributed by atoms with van der Waals surface area (Å²) in [7, 11) is -5.15. The number of rotatable bonds is 8. The van der Waals surface area contributed by atoms with Crippen LogP contribution in [0, 0.1) is 0 Å². The Hall–Kier alpha value is -2.14. The molecule has 0 saturated heterocycles. The highest BCUT2D eigenvalue weighted by Gasteiger charge is 2.27. The van der Waals surface area contributed by atoms with Crippen LogP contribution in [-0.4, -0.2) is 38.6 Å². The molecule has 2 aromatic heterocycles. The Morgan fingerprint density at radius 1 is 1.17 bits per heavy atom. The number of aromatic nitrogens is 4. The van der Waals surface area contributed by atoms with Crippen LogP contribution < -0.4 is 4.72 Å². The van der Waals surface area contributed by atoms with Gasteiger partial charge in [0.15, 0.2) is 5.82 Å². The van der Waals surface area contributed by atoms with Gasteiger partial charge < -0.3 is 4.57 Å². The minimum absolute atomic E-state index is 0.125. The highest BCUT2D eigenvalue weighted by atomic mass is 35.5. The van der Waals surface area contributed by atoms with Crippen molar-refractivity contribution in [1.82, 2.24) is 24.5 Å². The van der Waals surface area contributed by atoms with Gasteiger partial charge in [0, 0.05) is 36.1 Å². The van der Waals surface area contributed by atoms with Gasteiger partial charge in [0.25, 0.3) is 0 Å². The molecule has 0 aliphatic rings. The normalized spacial score (nSPS) is 13.9. The first-order valence-electron chi connectivity index (χ1n) is 8.76. The van der Waals surface area contributed by atoms with Crippen molar-refractivity contribution in [2.24, 2.45) is 0 Å². The molecule has 0 bridgehead atoms. The third-order valence-electron chi connectivity index (χ3n) is 4.12. The van der Waals surface area contributed by atoms with Crippen molar-refractivity contribution < 1.29 is 12.6 Å². The third-order valence-corrected chi connectivity index (χ3v) is 6.54. The summed E-state index contributed by atoms with van der Waals surface area (Å²) >= 11 is 5.90. The van der Waals surface area contributed by atoms with E-state index in [2.05, 4.69) is 19.9 Å². The molecule has 0 spiro atoms. The van der Waals surface area contributed by atoms with Crippen LogP contribution >= 0.6 is 11.6 Å². The quantitative estimate of drug-likeness (QED) is 0.561. The van der Waals surface area contributed by atoms with Gasteiger partial charge in [0.1, 0.15) is 11.0 Å². The number of pyridine rings is 1. The molecule has 0 aliphatic heterocycles. The van der Waals surface area contributed by atoms with E-state index in [9.17, 15) is 12.6 Å². The Bertz CT molecular complexity index is 1100. The summed E-state index contributed by atoms with van der Waals surface area (Å²) in [5, 5.41) is 8.38. The van der Waals surface area contributed by atoms with E-state index in [0.717, 1.165) is 11.9 Å². The Morgan fingerprint density at radius 2 is 1.90 bits per heavy atom. The third kappa shape index (κ3) is 5.27. The summed E-state index contributed by atoms with van der Waals surface area (Å²) in [6, 6.07) is 11.5. The lowest BCUT2D eigenvalue weighted by Gasteiger charge is -2.18. The molecule has 2 heterocycles. The van der Waals surface area contributed by atoms with E-state index >= 15 is 0 Å². The molecule has 3 rings (SSSR count). The lowest BCUT2D eigenvalue weighted by molar-refractivity contribution is 0.528. The molecule has 0 radical (unpaired) electrons. The number of benzene rings is 1. The van der Waals surface area contributed by atoms with Gasteiger partial charge in [-0.25, -0.2) is 17.3 Å². The number of hydrogen-bond acceptors (Lipinski definition) is 6. The summed E-state index contributed by atoms with van der Waals surface area (Å²) in [6.45, 7) is 2.15. The van der Waals surface area contributed by atoms with Gasteiger partial charge in [-0.2, -0.15) is 0 Å². The summed E-state index contributed by atoms with van der Waals surface area (Å²) in [5.74, 6) is 0.376. The standard InChI is InChI=1S/C18H20ClN5O3S2/c1-3-24-17(21-22-18(24)29(2,26)27)16(12-14-6-4-5-11-20-14)23-28(25)15-9-7-13(19)8-10-15/h4-11,16,23H,3,12H2,1-2H3/t16-,28?/m1/s1. The van der Waals surface area contributed by atoms with Crippen molar-refractivity contribution in [1.29, 1.82) is 0 Å². The summed E-state index contributed by atoms with van der Waals surface area (Å²) < 4.78 is 41.5. The van der Waals surface area contributed by atoms with Crippen LogP contribution in [0.3, 0.4) is 0 Å². The predicted octanol–water partition coefficient (Wildman–Crippen LogP) is 2.35. The molecule has 0 fully saturated rings. The Labute approximate surface area is 176 Å². The average molecular weight is 454 g/mol. The minimum Gasteiger partial charge on any atom is -0.301 e. The highest BCUT2D eigenvalue weighted by Crippen LogP contribution is 2.21. The maximum Gasteiger partial charge on any atom is 0.249 e. The fourth-order valence-electron chi connectivity index (χ4n) is 2.80. The first-order chi connectivity index (χ1) is 13.8. The monoisotopic (exact) mass is 453 g/mol. The molecule has 29 heavy (non-hydrogen) atoms. The summed E-state index contributed by atoms with van der Waals surface area (Å²) in [5.41, 5.74) is 0.740. The Kier molecular flexibility index (Phi) is 6.78. The molecule has 11 heteroatoms. The molecule has 3 aromatic rings. The lowest BCUT2D eigenvalue weighted by Crippen LogP contribution is -2.29. The summed E-state index contributed by atoms with van der Waals surface area (Å²) in [6.07, 6.45) is 3.09. The van der Waals surface area contributed by atoms with Gasteiger partial charge in [-0.05, 0) is 43.3 Å². The van der Waals surface area contributed by atoms with E-state index in [1.165, 1.54) is 4.57 Å². The van der Waals surface area contributed by atoms with E-state index in [0.29, 0.717) is 28.7 Å². The number of sulfone groups is 1. The number of hydrogen-bond donors (Lipinski definition) is 1. The first-order valence-corrected chi connectivity index (χ1v) is 12.2. The molecule has 2 atom stereocenters. The van der Waals surface area contributed by atoms with Crippen LogP contribution in [0.15, 0.2) is 58.7 Å². The molecule has 154 valence electrons. The van der Waals surface area contributed by atoms with Gasteiger partial charge in [-0.3, -0.25) is 4.98 Å². The van der Waals surface area contributed by atoms with Crippen molar-refractivity contribution in [2.45, 2.75) is 36.0 Å². The average Bonchev–Trinajstić information content (AvgIpc) is 3.13. The zero-order chi connectivity index (χ0) is 21.0. The predicted molar refractivity (Wildman–Crippen MR) is 110 cm³/mol. The van der Waals surface area contributed by atoms with Gasteiger partial charge in [-0.1, -0.05) is 17.7 Å². The molecule has 0 saturated carbocycles. The van der Waals surface area contributed by atoms with Gasteiger partial charge in [0.05, 0.1) is 10.9 Å². The van der Waals surface area contributed by atoms with Crippen LogP contribution in [0.1, 0.15) is 24.5 Å². The zero-order valence-electron chi connectivity index (χ0n) is 15.8. The van der Waals surface area contributed by atoms with Crippen molar-refractivity contribution in [3.05, 3.63) is 65.2 Å². The number of halogens is 1. The van der Waals surface area contributed by atoms with Crippen LogP contribution in [0.4, 0.5) is 0 Å². The highest BCUT2D eigenvalue weighted by molar-refractivity contribution is 7.90. The van der Waals surface area contributed by atoms with E-state index < -0.39 is 26.9 Å². The first kappa shape index (κ1) is 21.6. The Morgan fingerprint density at radius 3 is 2.48 bits per heavy atom. The van der Waals surface area contributed by atoms with E-state index in [-0.39, 0.29) is 5.16 Å². The summed E-state index contributed by atoms with van der Waals surface area (Å²) in [4.78, 5) is 4.85. The van der Waals surface area contributed by atoms with Gasteiger partial charge in [0.2, 0.25) is 15.0 Å². The molecular formula is C18H20ClN5O3S2. The molecule has 1 N–H and O–H groups in total. The van der Waals surface area contributed by atoms with Crippen LogP contribution in [0.5, 0.6) is 0 Å². The van der Waals surface area contributed by atoms with Gasteiger partial charge in [-0.15, -0.1) is 10.2 Å². The zero-order valence-corrected chi connectivity index (χ0v) is 18.2. The second-order valence-electron chi connectivity index (χ2n) is 6.28. The maximum atomic E-state index is 12.9. The Balaban J connectivity index is 1.98. The van der Waals surface area contributed by atoms with E-state index in [1.54, 1.807) is 43.5 Å². The second kappa shape index (κ2) is 9.12. The van der Waals surface area contributed by atoms with Crippen molar-refractivity contribution in [2.75, 3.05) is 6.26 Å². The largest absolute Gasteiger partial charge is 0.301 e. The van der Waals surface area contributed by atoms with Crippen LogP contribution in [-0.2, 0) is 33.8 Å². The number of nitrogens with one attached hydrogen (secondary N) is 1. The van der Waals surface area contributed by atoms with Crippen LogP contribution in [0.2, 0.25) is 5.02 Å².